The maximum Gasteiger partial charge on any atom is 0.0471 e. The molecule has 96 valence electrons. The fraction of sp³-hybridized carbons (Fsp3) is 0. The van der Waals surface area contributed by atoms with Gasteiger partial charge in [-0.1, -0.05) is 58.4 Å². The summed E-state index contributed by atoms with van der Waals surface area (Å²) in [6.45, 7) is 0. The van der Waals surface area contributed by atoms with Crippen molar-refractivity contribution in [1.82, 2.24) is 4.98 Å². The number of benzene rings is 3. The van der Waals surface area contributed by atoms with Gasteiger partial charge in [-0.25, -0.2) is 0 Å². The summed E-state index contributed by atoms with van der Waals surface area (Å²) in [5, 5.41) is 3.77. The minimum absolute atomic E-state index is 1.11. The molecule has 0 aliphatic rings. The monoisotopic (exact) mass is 321 g/mol. The minimum Gasteiger partial charge on any atom is -0.355 e. The number of hydrogen-bond donors (Lipinski definition) is 1. The molecule has 0 amide bonds. The van der Waals surface area contributed by atoms with Gasteiger partial charge >= 0.3 is 0 Å². The molecular formula is C18H12BrN. The number of rotatable bonds is 1. The average molecular weight is 322 g/mol. The highest BCUT2D eigenvalue weighted by molar-refractivity contribution is 9.10. The summed E-state index contributed by atoms with van der Waals surface area (Å²) in [6.07, 6.45) is 0. The standard InChI is InChI=1S/C18H12BrN/c19-14-8-9-17-13(10-14)11-18(20-17)16-7-3-5-12-4-1-2-6-15(12)16/h1-11,20H. The molecule has 1 aromatic heterocycles. The van der Waals surface area contributed by atoms with Crippen LogP contribution in [0.5, 0.6) is 0 Å². The number of fused-ring (bicyclic) bond motifs is 2. The highest BCUT2D eigenvalue weighted by Gasteiger charge is 2.07. The fourth-order valence-electron chi connectivity index (χ4n) is 2.71. The van der Waals surface area contributed by atoms with Crippen molar-refractivity contribution in [3.63, 3.8) is 0 Å². The second kappa shape index (κ2) is 4.50. The number of hydrogen-bond acceptors (Lipinski definition) is 0. The molecule has 0 saturated heterocycles. The average Bonchev–Trinajstić information content (AvgIpc) is 2.89. The molecule has 1 heterocycles. The molecule has 0 spiro atoms. The summed E-state index contributed by atoms with van der Waals surface area (Å²) in [4.78, 5) is 3.51. The van der Waals surface area contributed by atoms with E-state index >= 15 is 0 Å². The molecule has 0 unspecified atom stereocenters. The van der Waals surface area contributed by atoms with Gasteiger partial charge in [0.25, 0.3) is 0 Å². The van der Waals surface area contributed by atoms with E-state index in [0.29, 0.717) is 0 Å². The first-order valence-corrected chi connectivity index (χ1v) is 7.37. The number of nitrogens with one attached hydrogen (secondary N) is 1. The Morgan fingerprint density at radius 3 is 2.55 bits per heavy atom. The van der Waals surface area contributed by atoms with Crippen molar-refractivity contribution in [3.8, 4) is 11.3 Å². The third-order valence-electron chi connectivity index (χ3n) is 3.66. The summed E-state index contributed by atoms with van der Waals surface area (Å²) in [5.74, 6) is 0. The van der Waals surface area contributed by atoms with Crippen LogP contribution in [0.3, 0.4) is 0 Å². The van der Waals surface area contributed by atoms with E-state index in [1.54, 1.807) is 0 Å². The maximum atomic E-state index is 3.52. The van der Waals surface area contributed by atoms with Crippen LogP contribution in [0.1, 0.15) is 0 Å². The largest absolute Gasteiger partial charge is 0.355 e. The second-order valence-corrected chi connectivity index (χ2v) is 5.86. The quantitative estimate of drug-likeness (QED) is 0.459. The SMILES string of the molecule is Brc1ccc2[nH]c(-c3cccc4ccccc34)cc2c1. The Morgan fingerprint density at radius 1 is 0.750 bits per heavy atom. The first-order valence-electron chi connectivity index (χ1n) is 6.58. The van der Waals surface area contributed by atoms with E-state index in [9.17, 15) is 0 Å². The minimum atomic E-state index is 1.11. The molecule has 1 nitrogen and oxygen atoms in total. The Bertz CT molecular complexity index is 916. The highest BCUT2D eigenvalue weighted by atomic mass is 79.9. The van der Waals surface area contributed by atoms with Crippen LogP contribution in [-0.2, 0) is 0 Å². The molecule has 1 N–H and O–H groups in total. The van der Waals surface area contributed by atoms with Gasteiger partial charge in [-0.3, -0.25) is 0 Å². The summed E-state index contributed by atoms with van der Waals surface area (Å²) in [7, 11) is 0. The lowest BCUT2D eigenvalue weighted by Gasteiger charge is -2.04. The normalized spacial score (nSPS) is 11.2. The predicted octanol–water partition coefficient (Wildman–Crippen LogP) is 5.75. The van der Waals surface area contributed by atoms with E-state index in [1.165, 1.54) is 21.7 Å². The van der Waals surface area contributed by atoms with Crippen LogP contribution in [0.4, 0.5) is 0 Å². The third kappa shape index (κ3) is 1.84. The smallest absolute Gasteiger partial charge is 0.0471 e. The zero-order chi connectivity index (χ0) is 13.5. The van der Waals surface area contributed by atoms with Crippen LogP contribution in [0, 0.1) is 0 Å². The van der Waals surface area contributed by atoms with E-state index in [-0.39, 0.29) is 0 Å². The van der Waals surface area contributed by atoms with Crippen LogP contribution < -0.4 is 0 Å². The van der Waals surface area contributed by atoms with Gasteiger partial charge in [0.05, 0.1) is 0 Å². The molecule has 4 rings (SSSR count). The van der Waals surface area contributed by atoms with Gasteiger partial charge in [-0.15, -0.1) is 0 Å². The van der Waals surface area contributed by atoms with Gasteiger partial charge in [-0.05, 0) is 35.0 Å². The summed E-state index contributed by atoms with van der Waals surface area (Å²) < 4.78 is 1.11. The Balaban J connectivity index is 2.01. The van der Waals surface area contributed by atoms with E-state index in [1.807, 2.05) is 0 Å². The third-order valence-corrected chi connectivity index (χ3v) is 4.16. The van der Waals surface area contributed by atoms with Gasteiger partial charge in [0.2, 0.25) is 0 Å². The van der Waals surface area contributed by atoms with Crippen molar-refractivity contribution >= 4 is 37.6 Å². The molecule has 20 heavy (non-hydrogen) atoms. The predicted molar refractivity (Wildman–Crippen MR) is 88.9 cm³/mol. The molecule has 0 bridgehead atoms. The maximum absolute atomic E-state index is 3.52. The summed E-state index contributed by atoms with van der Waals surface area (Å²) in [6, 6.07) is 23.4. The van der Waals surface area contributed by atoms with Crippen LogP contribution in [0.2, 0.25) is 0 Å². The van der Waals surface area contributed by atoms with Crippen LogP contribution >= 0.6 is 15.9 Å². The first kappa shape index (κ1) is 11.7. The van der Waals surface area contributed by atoms with Crippen LogP contribution in [-0.4, -0.2) is 4.98 Å². The van der Waals surface area contributed by atoms with Crippen molar-refractivity contribution in [3.05, 3.63) is 71.2 Å². The van der Waals surface area contributed by atoms with Gasteiger partial charge in [0.15, 0.2) is 0 Å². The van der Waals surface area contributed by atoms with Gasteiger partial charge in [-0.2, -0.15) is 0 Å². The van der Waals surface area contributed by atoms with Gasteiger partial charge in [0.1, 0.15) is 0 Å². The molecule has 0 aliphatic carbocycles. The lowest BCUT2D eigenvalue weighted by atomic mass is 10.0. The molecule has 0 atom stereocenters. The molecule has 0 radical (unpaired) electrons. The molecular weight excluding hydrogens is 310 g/mol. The Hall–Kier alpha value is -2.06. The van der Waals surface area contributed by atoms with Crippen molar-refractivity contribution in [2.75, 3.05) is 0 Å². The van der Waals surface area contributed by atoms with Crippen molar-refractivity contribution in [2.24, 2.45) is 0 Å². The Labute approximate surface area is 125 Å². The summed E-state index contributed by atoms with van der Waals surface area (Å²) in [5.41, 5.74) is 3.57. The summed E-state index contributed by atoms with van der Waals surface area (Å²) >= 11 is 3.52. The zero-order valence-corrected chi connectivity index (χ0v) is 12.3. The molecule has 0 saturated carbocycles. The van der Waals surface area contributed by atoms with Gasteiger partial charge < -0.3 is 4.98 Å². The van der Waals surface area contributed by atoms with E-state index < -0.39 is 0 Å². The fourth-order valence-corrected chi connectivity index (χ4v) is 3.09. The molecule has 2 heteroatoms. The van der Waals surface area contributed by atoms with Crippen LogP contribution in [0.15, 0.2) is 71.2 Å². The number of aromatic nitrogens is 1. The van der Waals surface area contributed by atoms with Crippen molar-refractivity contribution < 1.29 is 0 Å². The molecule has 0 fully saturated rings. The first-order chi connectivity index (χ1) is 9.81. The molecule has 4 aromatic rings. The van der Waals surface area contributed by atoms with E-state index in [4.69, 9.17) is 0 Å². The van der Waals surface area contributed by atoms with Crippen molar-refractivity contribution in [1.29, 1.82) is 0 Å². The number of aromatic amines is 1. The number of halogens is 1. The topological polar surface area (TPSA) is 15.8 Å². The highest BCUT2D eigenvalue weighted by Crippen LogP contribution is 2.31. The lowest BCUT2D eigenvalue weighted by molar-refractivity contribution is 1.46. The van der Waals surface area contributed by atoms with Crippen LogP contribution in [0.25, 0.3) is 32.9 Å². The Morgan fingerprint density at radius 2 is 1.60 bits per heavy atom. The number of H-pyrrole nitrogens is 1. The second-order valence-electron chi connectivity index (χ2n) is 4.94. The van der Waals surface area contributed by atoms with Gasteiger partial charge in [0, 0.05) is 26.6 Å². The molecule has 3 aromatic carbocycles. The van der Waals surface area contributed by atoms with E-state index in [2.05, 4.69) is 87.6 Å². The molecule has 0 aliphatic heterocycles. The zero-order valence-electron chi connectivity index (χ0n) is 10.7. The van der Waals surface area contributed by atoms with Crippen molar-refractivity contribution in [2.45, 2.75) is 0 Å². The Kier molecular flexibility index (Phi) is 2.64. The van der Waals surface area contributed by atoms with E-state index in [0.717, 1.165) is 15.7 Å². The lowest BCUT2D eigenvalue weighted by Crippen LogP contribution is -1.80.